The Kier molecular flexibility index (Phi) is 9.50. The van der Waals surface area contributed by atoms with E-state index in [1.54, 1.807) is 26.8 Å². The van der Waals surface area contributed by atoms with E-state index in [2.05, 4.69) is 22.9 Å². The molecule has 7 nitrogen and oxygen atoms in total. The van der Waals surface area contributed by atoms with Crippen molar-refractivity contribution in [3.8, 4) is 0 Å². The van der Waals surface area contributed by atoms with Gasteiger partial charge in [0.15, 0.2) is 5.41 Å². The molecule has 232 valence electrons. The van der Waals surface area contributed by atoms with Crippen LogP contribution in [0.1, 0.15) is 88.7 Å². The van der Waals surface area contributed by atoms with Gasteiger partial charge < -0.3 is 9.47 Å². The summed E-state index contributed by atoms with van der Waals surface area (Å²) in [6.45, 7) is 10.5. The second kappa shape index (κ2) is 12.5. The smallest absolute Gasteiger partial charge is 0.327 e. The van der Waals surface area contributed by atoms with Gasteiger partial charge in [-0.15, -0.1) is 0 Å². The molecular weight excluding hydrogens is 624 g/mol. The van der Waals surface area contributed by atoms with Crippen molar-refractivity contribution in [2.45, 2.75) is 90.9 Å². The summed E-state index contributed by atoms with van der Waals surface area (Å²) in [5.74, 6) is -4.99. The number of amides is 2. The van der Waals surface area contributed by atoms with Crippen LogP contribution in [-0.2, 0) is 35.8 Å². The Morgan fingerprint density at radius 3 is 2.42 bits per heavy atom. The zero-order chi connectivity index (χ0) is 31.9. The zero-order valence-electron chi connectivity index (χ0n) is 25.3. The Balaban J connectivity index is 1.88. The van der Waals surface area contributed by atoms with Crippen LogP contribution < -0.4 is 0 Å². The van der Waals surface area contributed by atoms with Crippen molar-refractivity contribution in [1.82, 2.24) is 4.90 Å². The SMILES string of the molecule is CC(C)[C@@H]1CC[C@@H](C)C[C@H]1OC(=O)C1(CC(=O)OC(C)(C)C)C(=O)N(Cc2ccc(Br)cc2F)C(=O)c2ccc(F)cc21. The van der Waals surface area contributed by atoms with E-state index in [4.69, 9.17) is 9.47 Å². The standard InChI is InChI=1S/C33H38BrF2NO6/c1-18(2)23-11-7-19(3)13-27(23)42-31(41)33(16-28(38)43-32(4,5)6)25-15-22(35)10-12-24(25)29(39)37(30(33)40)17-20-8-9-21(34)14-26(20)36/h8-10,12,14-15,18-19,23,27H,7,11,13,16-17H2,1-6H3/t19-,23+,27-,33?/m1/s1. The second-order valence-electron chi connectivity index (χ2n) is 13.1. The number of imide groups is 1. The first-order valence-corrected chi connectivity index (χ1v) is 15.4. The van der Waals surface area contributed by atoms with E-state index in [9.17, 15) is 28.0 Å². The third kappa shape index (κ3) is 6.84. The summed E-state index contributed by atoms with van der Waals surface area (Å²) < 4.78 is 41.9. The lowest BCUT2D eigenvalue weighted by molar-refractivity contribution is -0.175. The van der Waals surface area contributed by atoms with E-state index < -0.39 is 65.5 Å². The normalized spacial score (nSPS) is 24.1. The van der Waals surface area contributed by atoms with Crippen molar-refractivity contribution >= 4 is 39.7 Å². The lowest BCUT2D eigenvalue weighted by Gasteiger charge is -2.42. The quantitative estimate of drug-likeness (QED) is 0.183. The predicted octanol–water partition coefficient (Wildman–Crippen LogP) is 6.88. The maximum Gasteiger partial charge on any atom is 0.327 e. The minimum absolute atomic E-state index is 0.000930. The molecule has 2 aromatic rings. The third-order valence-corrected chi connectivity index (χ3v) is 8.76. The Morgan fingerprint density at radius 2 is 1.79 bits per heavy atom. The fourth-order valence-electron chi connectivity index (χ4n) is 6.13. The average molecular weight is 663 g/mol. The number of rotatable bonds is 7. The summed E-state index contributed by atoms with van der Waals surface area (Å²) in [5.41, 5.74) is -3.83. The van der Waals surface area contributed by atoms with Gasteiger partial charge in [0.25, 0.3) is 11.8 Å². The maximum atomic E-state index is 14.9. The molecule has 0 bridgehead atoms. The Bertz CT molecular complexity index is 1440. The number of benzene rings is 2. The van der Waals surface area contributed by atoms with Crippen molar-refractivity contribution in [3.63, 3.8) is 0 Å². The number of nitrogens with zero attached hydrogens (tertiary/aromatic N) is 1. The number of carbonyl (C=O) groups excluding carboxylic acids is 4. The van der Waals surface area contributed by atoms with Gasteiger partial charge in [0.05, 0.1) is 13.0 Å². The van der Waals surface area contributed by atoms with Crippen LogP contribution in [0.15, 0.2) is 40.9 Å². The average Bonchev–Trinajstić information content (AvgIpc) is 2.88. The molecule has 43 heavy (non-hydrogen) atoms. The highest BCUT2D eigenvalue weighted by Gasteiger charge is 2.59. The largest absolute Gasteiger partial charge is 0.461 e. The molecule has 10 heteroatoms. The molecule has 0 aromatic heterocycles. The molecular formula is C33H38BrF2NO6. The molecule has 2 aromatic carbocycles. The number of esters is 2. The number of fused-ring (bicyclic) bond motifs is 1. The summed E-state index contributed by atoms with van der Waals surface area (Å²) >= 11 is 3.19. The minimum Gasteiger partial charge on any atom is -0.461 e. The highest BCUT2D eigenvalue weighted by Crippen LogP contribution is 2.43. The fraction of sp³-hybridized carbons (Fsp3) is 0.515. The first kappa shape index (κ1) is 32.8. The number of halogens is 3. The minimum atomic E-state index is -2.44. The number of hydrogen-bond acceptors (Lipinski definition) is 6. The van der Waals surface area contributed by atoms with Crippen LogP contribution in [0, 0.1) is 29.4 Å². The van der Waals surface area contributed by atoms with E-state index >= 15 is 0 Å². The lowest BCUT2D eigenvalue weighted by atomic mass is 9.70. The zero-order valence-corrected chi connectivity index (χ0v) is 26.9. The van der Waals surface area contributed by atoms with Crippen molar-refractivity contribution in [1.29, 1.82) is 0 Å². The molecule has 0 radical (unpaired) electrons. The van der Waals surface area contributed by atoms with Gasteiger partial charge in [0.1, 0.15) is 23.3 Å². The van der Waals surface area contributed by atoms with Crippen LogP contribution >= 0.6 is 15.9 Å². The maximum absolute atomic E-state index is 14.9. The van der Waals surface area contributed by atoms with Crippen molar-refractivity contribution in [3.05, 3.63) is 69.2 Å². The monoisotopic (exact) mass is 661 g/mol. The predicted molar refractivity (Wildman–Crippen MR) is 159 cm³/mol. The van der Waals surface area contributed by atoms with Gasteiger partial charge in [0.2, 0.25) is 0 Å². The van der Waals surface area contributed by atoms with Gasteiger partial charge in [-0.3, -0.25) is 24.1 Å². The highest BCUT2D eigenvalue weighted by atomic mass is 79.9. The van der Waals surface area contributed by atoms with Crippen LogP contribution in [-0.4, -0.2) is 40.4 Å². The molecule has 1 fully saturated rings. The molecule has 1 aliphatic carbocycles. The molecule has 4 atom stereocenters. The van der Waals surface area contributed by atoms with E-state index in [1.165, 1.54) is 18.2 Å². The first-order chi connectivity index (χ1) is 20.0. The first-order valence-electron chi connectivity index (χ1n) is 14.6. The van der Waals surface area contributed by atoms with E-state index in [-0.39, 0.29) is 34.4 Å². The summed E-state index contributed by atoms with van der Waals surface area (Å²) in [6.07, 6.45) is 0.913. The molecule has 0 N–H and O–H groups in total. The number of ether oxygens (including phenoxy) is 2. The molecule has 1 unspecified atom stereocenters. The molecule has 1 saturated carbocycles. The van der Waals surface area contributed by atoms with Crippen LogP contribution in [0.5, 0.6) is 0 Å². The van der Waals surface area contributed by atoms with Gasteiger partial charge in [-0.2, -0.15) is 0 Å². The summed E-state index contributed by atoms with van der Waals surface area (Å²) in [7, 11) is 0. The van der Waals surface area contributed by atoms with Gasteiger partial charge in [0, 0.05) is 15.6 Å². The highest BCUT2D eigenvalue weighted by molar-refractivity contribution is 9.10. The van der Waals surface area contributed by atoms with Crippen molar-refractivity contribution in [2.75, 3.05) is 0 Å². The van der Waals surface area contributed by atoms with Crippen LogP contribution in [0.3, 0.4) is 0 Å². The molecule has 1 heterocycles. The molecule has 0 spiro atoms. The summed E-state index contributed by atoms with van der Waals surface area (Å²) in [4.78, 5) is 56.8. The fourth-order valence-corrected chi connectivity index (χ4v) is 6.46. The number of hydrogen-bond donors (Lipinski definition) is 0. The van der Waals surface area contributed by atoms with Crippen molar-refractivity contribution < 1.29 is 37.4 Å². The molecule has 2 aliphatic rings. The Labute approximate surface area is 259 Å². The van der Waals surface area contributed by atoms with Crippen LogP contribution in [0.25, 0.3) is 0 Å². The van der Waals surface area contributed by atoms with Gasteiger partial charge >= 0.3 is 11.9 Å². The lowest BCUT2D eigenvalue weighted by Crippen LogP contribution is -2.60. The number of carbonyl (C=O) groups is 4. The van der Waals surface area contributed by atoms with Crippen molar-refractivity contribution in [2.24, 2.45) is 17.8 Å². The molecule has 2 amide bonds. The van der Waals surface area contributed by atoms with Gasteiger partial charge in [-0.05, 0) is 87.3 Å². The van der Waals surface area contributed by atoms with E-state index in [1.807, 2.05) is 13.8 Å². The Morgan fingerprint density at radius 1 is 1.09 bits per heavy atom. The third-order valence-electron chi connectivity index (χ3n) is 8.27. The van der Waals surface area contributed by atoms with Gasteiger partial charge in [-0.1, -0.05) is 49.2 Å². The topological polar surface area (TPSA) is 90.0 Å². The Hall–Kier alpha value is -3.14. The van der Waals surface area contributed by atoms with E-state index in [0.29, 0.717) is 10.9 Å². The van der Waals surface area contributed by atoms with Crippen LogP contribution in [0.4, 0.5) is 8.78 Å². The molecule has 4 rings (SSSR count). The summed E-state index contributed by atoms with van der Waals surface area (Å²) in [5, 5.41) is 0. The van der Waals surface area contributed by atoms with Gasteiger partial charge in [-0.25, -0.2) is 8.78 Å². The van der Waals surface area contributed by atoms with E-state index in [0.717, 1.165) is 29.9 Å². The summed E-state index contributed by atoms with van der Waals surface area (Å²) in [6, 6.07) is 7.28. The second-order valence-corrected chi connectivity index (χ2v) is 14.0. The molecule has 0 saturated heterocycles. The molecule has 1 aliphatic heterocycles. The van der Waals surface area contributed by atoms with Crippen LogP contribution in [0.2, 0.25) is 0 Å².